The maximum atomic E-state index is 12.2. The topological polar surface area (TPSA) is 93.4 Å². The molecule has 0 aliphatic carbocycles. The number of ether oxygens (including phenoxy) is 1. The van der Waals surface area contributed by atoms with Gasteiger partial charge in [-0.2, -0.15) is 0 Å². The maximum absolute atomic E-state index is 12.2. The van der Waals surface area contributed by atoms with Gasteiger partial charge in [-0.3, -0.25) is 4.79 Å². The van der Waals surface area contributed by atoms with Gasteiger partial charge in [-0.25, -0.2) is 4.98 Å². The summed E-state index contributed by atoms with van der Waals surface area (Å²) in [6.07, 6.45) is 2.30. The van der Waals surface area contributed by atoms with Crippen LogP contribution in [0.15, 0.2) is 53.1 Å². The van der Waals surface area contributed by atoms with Crippen molar-refractivity contribution in [1.82, 2.24) is 15.2 Å². The third kappa shape index (κ3) is 4.52. The van der Waals surface area contributed by atoms with Crippen LogP contribution in [0.4, 0.5) is 11.5 Å². The molecular weight excluding hydrogens is 358 g/mol. The molecular formula is C20H21N5O3. The fourth-order valence-corrected chi connectivity index (χ4v) is 2.94. The molecule has 3 heterocycles. The number of amides is 1. The molecule has 2 aromatic heterocycles. The Morgan fingerprint density at radius 2 is 1.89 bits per heavy atom. The van der Waals surface area contributed by atoms with Gasteiger partial charge in [0.1, 0.15) is 5.82 Å². The predicted octanol–water partition coefficient (Wildman–Crippen LogP) is 2.54. The number of aromatic nitrogens is 3. The Kier molecular flexibility index (Phi) is 5.58. The van der Waals surface area contributed by atoms with Crippen LogP contribution in [0.2, 0.25) is 0 Å². The summed E-state index contributed by atoms with van der Waals surface area (Å²) in [6, 6.07) is 13.3. The van der Waals surface area contributed by atoms with Crippen molar-refractivity contribution in [1.29, 1.82) is 0 Å². The van der Waals surface area contributed by atoms with E-state index in [1.807, 2.05) is 42.5 Å². The smallest absolute Gasteiger partial charge is 0.247 e. The molecule has 1 saturated heterocycles. The molecule has 0 radical (unpaired) electrons. The maximum Gasteiger partial charge on any atom is 0.247 e. The standard InChI is InChI=1S/C20H21N5O3/c26-18(8-9-19-23-24-20(28-19)15-4-2-1-3-5-15)22-16-6-7-17(21-14-16)25-10-12-27-13-11-25/h1-7,14H,8-13H2,(H,22,26). The summed E-state index contributed by atoms with van der Waals surface area (Å²) in [4.78, 5) is 18.8. The van der Waals surface area contributed by atoms with E-state index in [-0.39, 0.29) is 12.3 Å². The number of benzene rings is 1. The van der Waals surface area contributed by atoms with Crippen molar-refractivity contribution in [2.75, 3.05) is 36.5 Å². The second-order valence-electron chi connectivity index (χ2n) is 6.42. The first-order chi connectivity index (χ1) is 13.8. The van der Waals surface area contributed by atoms with E-state index in [1.54, 1.807) is 6.20 Å². The first kappa shape index (κ1) is 18.1. The molecule has 1 amide bonds. The molecule has 1 N–H and O–H groups in total. The van der Waals surface area contributed by atoms with Crippen molar-refractivity contribution in [3.63, 3.8) is 0 Å². The Balaban J connectivity index is 1.28. The Labute approximate surface area is 162 Å². The van der Waals surface area contributed by atoms with Crippen molar-refractivity contribution in [2.45, 2.75) is 12.8 Å². The van der Waals surface area contributed by atoms with Crippen LogP contribution in [0.5, 0.6) is 0 Å². The summed E-state index contributed by atoms with van der Waals surface area (Å²) in [7, 11) is 0. The molecule has 4 rings (SSSR count). The number of hydrogen-bond acceptors (Lipinski definition) is 7. The Morgan fingerprint density at radius 3 is 2.64 bits per heavy atom. The van der Waals surface area contributed by atoms with Gasteiger partial charge in [0, 0.05) is 31.5 Å². The summed E-state index contributed by atoms with van der Waals surface area (Å²) in [5, 5.41) is 10.9. The number of nitrogens with zero attached hydrogens (tertiary/aromatic N) is 4. The first-order valence-electron chi connectivity index (χ1n) is 9.24. The largest absolute Gasteiger partial charge is 0.421 e. The number of pyridine rings is 1. The minimum absolute atomic E-state index is 0.125. The van der Waals surface area contributed by atoms with E-state index < -0.39 is 0 Å². The molecule has 0 saturated carbocycles. The predicted molar refractivity (Wildman–Crippen MR) is 104 cm³/mol. The summed E-state index contributed by atoms with van der Waals surface area (Å²) < 4.78 is 11.0. The highest BCUT2D eigenvalue weighted by molar-refractivity contribution is 5.90. The number of nitrogens with one attached hydrogen (secondary N) is 1. The number of morpholine rings is 1. The first-order valence-corrected chi connectivity index (χ1v) is 9.24. The van der Waals surface area contributed by atoms with Crippen LogP contribution in [-0.4, -0.2) is 47.4 Å². The average Bonchev–Trinajstić information content (AvgIpc) is 3.23. The van der Waals surface area contributed by atoms with Crippen molar-refractivity contribution in [3.05, 3.63) is 54.6 Å². The van der Waals surface area contributed by atoms with Gasteiger partial charge in [-0.05, 0) is 24.3 Å². The number of aryl methyl sites for hydroxylation is 1. The summed E-state index contributed by atoms with van der Waals surface area (Å²) in [5.41, 5.74) is 1.52. The van der Waals surface area contributed by atoms with Gasteiger partial charge < -0.3 is 19.4 Å². The normalized spacial score (nSPS) is 14.1. The highest BCUT2D eigenvalue weighted by Crippen LogP contribution is 2.18. The van der Waals surface area contributed by atoms with Crippen molar-refractivity contribution in [3.8, 4) is 11.5 Å². The molecule has 1 fully saturated rings. The van der Waals surface area contributed by atoms with Gasteiger partial charge in [-0.15, -0.1) is 10.2 Å². The molecule has 0 atom stereocenters. The van der Waals surface area contributed by atoms with Gasteiger partial charge in [0.2, 0.25) is 17.7 Å². The fourth-order valence-electron chi connectivity index (χ4n) is 2.94. The van der Waals surface area contributed by atoms with Gasteiger partial charge in [0.15, 0.2) is 0 Å². The Morgan fingerprint density at radius 1 is 1.07 bits per heavy atom. The monoisotopic (exact) mass is 379 g/mol. The second kappa shape index (κ2) is 8.62. The van der Waals surface area contributed by atoms with Gasteiger partial charge in [0.25, 0.3) is 0 Å². The summed E-state index contributed by atoms with van der Waals surface area (Å²) >= 11 is 0. The van der Waals surface area contributed by atoms with E-state index in [0.717, 1.165) is 24.5 Å². The molecule has 28 heavy (non-hydrogen) atoms. The minimum atomic E-state index is -0.125. The lowest BCUT2D eigenvalue weighted by Gasteiger charge is -2.27. The minimum Gasteiger partial charge on any atom is -0.421 e. The van der Waals surface area contributed by atoms with E-state index >= 15 is 0 Å². The average molecular weight is 379 g/mol. The SMILES string of the molecule is O=C(CCc1nnc(-c2ccccc2)o1)Nc1ccc(N2CCOCC2)nc1. The zero-order valence-electron chi connectivity index (χ0n) is 15.4. The van der Waals surface area contributed by atoms with Gasteiger partial charge >= 0.3 is 0 Å². The number of carbonyl (C=O) groups excluding carboxylic acids is 1. The lowest BCUT2D eigenvalue weighted by molar-refractivity contribution is -0.116. The number of anilines is 2. The van der Waals surface area contributed by atoms with Crippen molar-refractivity contribution >= 4 is 17.4 Å². The van der Waals surface area contributed by atoms with Crippen molar-refractivity contribution in [2.24, 2.45) is 0 Å². The third-order valence-corrected chi connectivity index (χ3v) is 4.42. The van der Waals surface area contributed by atoms with E-state index in [2.05, 4.69) is 25.4 Å². The molecule has 1 aliphatic heterocycles. The van der Waals surface area contributed by atoms with Crippen LogP contribution in [0.3, 0.4) is 0 Å². The number of hydrogen-bond donors (Lipinski definition) is 1. The Hall–Kier alpha value is -3.26. The van der Waals surface area contributed by atoms with E-state index in [4.69, 9.17) is 9.15 Å². The lowest BCUT2D eigenvalue weighted by Crippen LogP contribution is -2.36. The molecule has 8 heteroatoms. The molecule has 1 aromatic carbocycles. The highest BCUT2D eigenvalue weighted by atomic mass is 16.5. The fraction of sp³-hybridized carbons (Fsp3) is 0.300. The van der Waals surface area contributed by atoms with E-state index in [0.29, 0.717) is 37.1 Å². The molecule has 0 unspecified atom stereocenters. The summed E-state index contributed by atoms with van der Waals surface area (Å²) in [6.45, 7) is 3.07. The van der Waals surface area contributed by atoms with Crippen LogP contribution in [0.25, 0.3) is 11.5 Å². The second-order valence-corrected chi connectivity index (χ2v) is 6.42. The number of carbonyl (C=O) groups is 1. The van der Waals surface area contributed by atoms with E-state index in [9.17, 15) is 4.79 Å². The third-order valence-electron chi connectivity index (χ3n) is 4.42. The van der Waals surface area contributed by atoms with Crippen LogP contribution in [-0.2, 0) is 16.0 Å². The van der Waals surface area contributed by atoms with Crippen LogP contribution < -0.4 is 10.2 Å². The molecule has 3 aromatic rings. The van der Waals surface area contributed by atoms with Gasteiger partial charge in [0.05, 0.1) is 25.1 Å². The zero-order chi connectivity index (χ0) is 19.2. The van der Waals surface area contributed by atoms with Crippen LogP contribution >= 0.6 is 0 Å². The zero-order valence-corrected chi connectivity index (χ0v) is 15.4. The quantitative estimate of drug-likeness (QED) is 0.703. The molecule has 1 aliphatic rings. The lowest BCUT2D eigenvalue weighted by atomic mass is 10.2. The van der Waals surface area contributed by atoms with Crippen LogP contribution in [0.1, 0.15) is 12.3 Å². The highest BCUT2D eigenvalue weighted by Gasteiger charge is 2.13. The Bertz CT molecular complexity index is 905. The molecule has 0 spiro atoms. The van der Waals surface area contributed by atoms with Crippen LogP contribution in [0, 0.1) is 0 Å². The van der Waals surface area contributed by atoms with Crippen molar-refractivity contribution < 1.29 is 13.9 Å². The molecule has 0 bridgehead atoms. The molecule has 144 valence electrons. The van der Waals surface area contributed by atoms with Gasteiger partial charge in [-0.1, -0.05) is 18.2 Å². The van der Waals surface area contributed by atoms with E-state index in [1.165, 1.54) is 0 Å². The summed E-state index contributed by atoms with van der Waals surface area (Å²) in [5.74, 6) is 1.66. The molecule has 8 nitrogen and oxygen atoms in total. The number of rotatable bonds is 6.